The first-order valence-corrected chi connectivity index (χ1v) is 12.1. The zero-order chi connectivity index (χ0) is 27.5. The quantitative estimate of drug-likeness (QED) is 0.225. The average molecular weight is 513 g/mol. The second-order valence-corrected chi connectivity index (χ2v) is 9.34. The third-order valence-corrected chi connectivity index (χ3v) is 5.90. The summed E-state index contributed by atoms with van der Waals surface area (Å²) in [5, 5.41) is 27.4. The summed E-state index contributed by atoms with van der Waals surface area (Å²) in [5.41, 5.74) is 7.30. The van der Waals surface area contributed by atoms with E-state index >= 15 is 0 Å². The van der Waals surface area contributed by atoms with Crippen LogP contribution in [0.4, 0.5) is 0 Å². The number of nitrogens with two attached hydrogens (primary N) is 1. The molecule has 200 valence electrons. The topological polar surface area (TPSA) is 171 Å². The van der Waals surface area contributed by atoms with Gasteiger partial charge < -0.3 is 31.9 Å². The highest BCUT2D eigenvalue weighted by Gasteiger charge is 2.33. The van der Waals surface area contributed by atoms with Crippen molar-refractivity contribution in [3.05, 3.63) is 71.8 Å². The van der Waals surface area contributed by atoms with Crippen molar-refractivity contribution in [2.24, 2.45) is 11.7 Å². The summed E-state index contributed by atoms with van der Waals surface area (Å²) >= 11 is 0. The minimum atomic E-state index is -1.37. The first-order chi connectivity index (χ1) is 17.5. The second kappa shape index (κ2) is 14.1. The predicted molar refractivity (Wildman–Crippen MR) is 138 cm³/mol. The summed E-state index contributed by atoms with van der Waals surface area (Å²) in [6.07, 6.45) is -1.18. The van der Waals surface area contributed by atoms with Gasteiger partial charge in [-0.25, -0.2) is 4.79 Å². The molecule has 2 aromatic carbocycles. The first-order valence-electron chi connectivity index (χ1n) is 12.1. The highest BCUT2D eigenvalue weighted by molar-refractivity contribution is 5.94. The highest BCUT2D eigenvalue weighted by Crippen LogP contribution is 2.08. The molecule has 0 aliphatic rings. The Labute approximate surface area is 216 Å². The van der Waals surface area contributed by atoms with Crippen LogP contribution in [0.3, 0.4) is 0 Å². The van der Waals surface area contributed by atoms with Crippen molar-refractivity contribution < 1.29 is 29.4 Å². The maximum Gasteiger partial charge on any atom is 0.326 e. The number of carboxylic acids is 1. The van der Waals surface area contributed by atoms with Crippen LogP contribution in [0.1, 0.15) is 31.9 Å². The zero-order valence-corrected chi connectivity index (χ0v) is 21.3. The number of hydrogen-bond acceptors (Lipinski definition) is 6. The van der Waals surface area contributed by atoms with Crippen molar-refractivity contribution in [3.8, 4) is 0 Å². The van der Waals surface area contributed by atoms with Crippen LogP contribution in [0.25, 0.3) is 0 Å². The predicted octanol–water partition coefficient (Wildman–Crippen LogP) is 0.375. The van der Waals surface area contributed by atoms with Crippen molar-refractivity contribution in [1.29, 1.82) is 0 Å². The van der Waals surface area contributed by atoms with Crippen LogP contribution in [-0.4, -0.2) is 64.2 Å². The van der Waals surface area contributed by atoms with E-state index < -0.39 is 54.0 Å². The highest BCUT2D eigenvalue weighted by atomic mass is 16.4. The number of hydrogen-bond donors (Lipinski definition) is 6. The van der Waals surface area contributed by atoms with Gasteiger partial charge in [0.25, 0.3) is 0 Å². The molecule has 0 spiro atoms. The number of carbonyl (C=O) groups excluding carboxylic acids is 3. The normalized spacial score (nSPS) is 15.1. The molecule has 3 amide bonds. The van der Waals surface area contributed by atoms with E-state index in [1.165, 1.54) is 6.92 Å². The number of carboxylic acid groups (broad SMARTS) is 1. The van der Waals surface area contributed by atoms with Gasteiger partial charge in [0, 0.05) is 12.8 Å². The number of carbonyl (C=O) groups is 4. The molecule has 0 saturated carbocycles. The Hall–Kier alpha value is -3.76. The van der Waals surface area contributed by atoms with Gasteiger partial charge in [-0.2, -0.15) is 0 Å². The van der Waals surface area contributed by atoms with E-state index in [1.807, 2.05) is 0 Å². The SMILES string of the molecule is CC(C)C(N)C(=O)NC(C(=O)NC(Cc1ccccc1)C(=O)NC(Cc1ccccc1)C(=O)O)C(C)O. The van der Waals surface area contributed by atoms with Gasteiger partial charge in [0.1, 0.15) is 18.1 Å². The molecule has 10 nitrogen and oxygen atoms in total. The van der Waals surface area contributed by atoms with Crippen LogP contribution in [0, 0.1) is 5.92 Å². The van der Waals surface area contributed by atoms with Crippen molar-refractivity contribution in [1.82, 2.24) is 16.0 Å². The third kappa shape index (κ3) is 9.32. The minimum absolute atomic E-state index is 0.0490. The Balaban J connectivity index is 2.23. The minimum Gasteiger partial charge on any atom is -0.480 e. The summed E-state index contributed by atoms with van der Waals surface area (Å²) < 4.78 is 0. The third-order valence-electron chi connectivity index (χ3n) is 5.90. The molecule has 2 aromatic rings. The summed E-state index contributed by atoms with van der Waals surface area (Å²) in [5.74, 6) is -3.56. The molecule has 5 unspecified atom stereocenters. The van der Waals surface area contributed by atoms with E-state index in [0.717, 1.165) is 11.1 Å². The fraction of sp³-hybridized carbons (Fsp3) is 0.407. The molecule has 37 heavy (non-hydrogen) atoms. The van der Waals surface area contributed by atoms with Gasteiger partial charge in [-0.1, -0.05) is 74.5 Å². The zero-order valence-electron chi connectivity index (χ0n) is 21.3. The Morgan fingerprint density at radius 2 is 1.19 bits per heavy atom. The van der Waals surface area contributed by atoms with Gasteiger partial charge >= 0.3 is 5.97 Å². The van der Waals surface area contributed by atoms with Crippen LogP contribution in [0.5, 0.6) is 0 Å². The van der Waals surface area contributed by atoms with Gasteiger partial charge in [-0.3, -0.25) is 14.4 Å². The Morgan fingerprint density at radius 1 is 0.730 bits per heavy atom. The van der Waals surface area contributed by atoms with E-state index in [1.54, 1.807) is 74.5 Å². The maximum absolute atomic E-state index is 13.2. The molecule has 0 radical (unpaired) electrons. The van der Waals surface area contributed by atoms with Gasteiger partial charge in [0.15, 0.2) is 0 Å². The number of aliphatic hydroxyl groups is 1. The van der Waals surface area contributed by atoms with E-state index in [2.05, 4.69) is 16.0 Å². The van der Waals surface area contributed by atoms with Crippen molar-refractivity contribution in [2.75, 3.05) is 0 Å². The average Bonchev–Trinajstić information content (AvgIpc) is 2.86. The summed E-state index contributed by atoms with van der Waals surface area (Å²) in [6, 6.07) is 13.0. The van der Waals surface area contributed by atoms with Gasteiger partial charge in [-0.05, 0) is 24.0 Å². The largest absolute Gasteiger partial charge is 0.480 e. The molecule has 0 bridgehead atoms. The first kappa shape index (κ1) is 29.5. The van der Waals surface area contributed by atoms with Crippen molar-refractivity contribution in [2.45, 2.75) is 63.9 Å². The number of benzene rings is 2. The van der Waals surface area contributed by atoms with Crippen LogP contribution < -0.4 is 21.7 Å². The number of amides is 3. The lowest BCUT2D eigenvalue weighted by Crippen LogP contribution is -2.60. The van der Waals surface area contributed by atoms with Gasteiger partial charge in [0.05, 0.1) is 12.1 Å². The molecular weight excluding hydrogens is 476 g/mol. The molecule has 0 aliphatic heterocycles. The molecule has 0 fully saturated rings. The standard InChI is InChI=1S/C27H36N4O6/c1-16(2)22(28)25(34)31-23(17(3)32)26(35)29-20(14-18-10-6-4-7-11-18)24(33)30-21(27(36)37)15-19-12-8-5-9-13-19/h4-13,16-17,20-23,32H,14-15,28H2,1-3H3,(H,29,35)(H,30,33)(H,31,34)(H,36,37). The van der Waals surface area contributed by atoms with E-state index in [0.29, 0.717) is 0 Å². The van der Waals surface area contributed by atoms with Crippen LogP contribution in [-0.2, 0) is 32.0 Å². The van der Waals surface area contributed by atoms with E-state index in [4.69, 9.17) is 5.73 Å². The monoisotopic (exact) mass is 512 g/mol. The molecule has 0 aliphatic carbocycles. The van der Waals surface area contributed by atoms with E-state index in [-0.39, 0.29) is 18.8 Å². The van der Waals surface area contributed by atoms with Crippen LogP contribution >= 0.6 is 0 Å². The number of aliphatic hydroxyl groups excluding tert-OH is 1. The van der Waals surface area contributed by atoms with Gasteiger partial charge in [0.2, 0.25) is 17.7 Å². The number of nitrogens with one attached hydrogen (secondary N) is 3. The molecule has 2 rings (SSSR count). The van der Waals surface area contributed by atoms with Gasteiger partial charge in [-0.15, -0.1) is 0 Å². The molecule has 7 N–H and O–H groups in total. The Morgan fingerprint density at radius 3 is 1.62 bits per heavy atom. The molecule has 0 aromatic heterocycles. The Bertz CT molecular complexity index is 1050. The fourth-order valence-corrected chi connectivity index (χ4v) is 3.60. The lowest BCUT2D eigenvalue weighted by Gasteiger charge is -2.27. The van der Waals surface area contributed by atoms with Crippen molar-refractivity contribution in [3.63, 3.8) is 0 Å². The second-order valence-electron chi connectivity index (χ2n) is 9.34. The molecule has 10 heteroatoms. The van der Waals surface area contributed by atoms with E-state index in [9.17, 15) is 29.4 Å². The molecular formula is C27H36N4O6. The summed E-state index contributed by atoms with van der Waals surface area (Å²) in [4.78, 5) is 50.7. The van der Waals surface area contributed by atoms with Crippen molar-refractivity contribution >= 4 is 23.7 Å². The summed E-state index contributed by atoms with van der Waals surface area (Å²) in [7, 11) is 0. The van der Waals surface area contributed by atoms with Crippen LogP contribution in [0.2, 0.25) is 0 Å². The summed E-state index contributed by atoms with van der Waals surface area (Å²) in [6.45, 7) is 4.82. The molecule has 0 saturated heterocycles. The Kier molecular flexibility index (Phi) is 11.2. The lowest BCUT2D eigenvalue weighted by atomic mass is 10.0. The smallest absolute Gasteiger partial charge is 0.326 e. The maximum atomic E-state index is 13.2. The number of rotatable bonds is 13. The lowest BCUT2D eigenvalue weighted by molar-refractivity contribution is -0.142. The van der Waals surface area contributed by atoms with Crippen LogP contribution in [0.15, 0.2) is 60.7 Å². The fourth-order valence-electron chi connectivity index (χ4n) is 3.60. The number of aliphatic carboxylic acids is 1. The molecule has 5 atom stereocenters. The molecule has 0 heterocycles.